The third kappa shape index (κ3) is 3.04. The number of aromatic amines is 1. The molecule has 6 heteroatoms. The number of H-pyrrole nitrogens is 1. The molecular formula is C19H21N3O3. The molecule has 1 aromatic carbocycles. The summed E-state index contributed by atoms with van der Waals surface area (Å²) in [7, 11) is 0. The van der Waals surface area contributed by atoms with Crippen molar-refractivity contribution in [1.82, 2.24) is 14.9 Å². The van der Waals surface area contributed by atoms with Crippen molar-refractivity contribution in [2.75, 3.05) is 19.7 Å². The number of benzene rings is 1. The average Bonchev–Trinajstić information content (AvgIpc) is 2.83. The number of hydrogen-bond acceptors (Lipinski definition) is 4. The van der Waals surface area contributed by atoms with Gasteiger partial charge in [-0.25, -0.2) is 4.98 Å². The summed E-state index contributed by atoms with van der Waals surface area (Å²) in [5.41, 5.74) is 2.54. The highest BCUT2D eigenvalue weighted by Gasteiger charge is 2.30. The van der Waals surface area contributed by atoms with E-state index in [1.165, 1.54) is 0 Å². The molecule has 25 heavy (non-hydrogen) atoms. The van der Waals surface area contributed by atoms with E-state index in [0.717, 1.165) is 17.0 Å². The Morgan fingerprint density at radius 2 is 2.08 bits per heavy atom. The second-order valence-corrected chi connectivity index (χ2v) is 6.72. The van der Waals surface area contributed by atoms with Gasteiger partial charge >= 0.3 is 0 Å². The summed E-state index contributed by atoms with van der Waals surface area (Å²) in [5, 5.41) is 0. The number of ether oxygens (including phenoxy) is 1. The summed E-state index contributed by atoms with van der Waals surface area (Å²) in [4.78, 5) is 34.2. The van der Waals surface area contributed by atoms with E-state index < -0.39 is 0 Å². The number of rotatable bonds is 1. The Hall–Kier alpha value is -2.63. The molecule has 2 aliphatic heterocycles. The Kier molecular flexibility index (Phi) is 4.03. The molecule has 1 amide bonds. The van der Waals surface area contributed by atoms with E-state index in [9.17, 15) is 9.59 Å². The average molecular weight is 339 g/mol. The van der Waals surface area contributed by atoms with Crippen molar-refractivity contribution in [2.45, 2.75) is 26.2 Å². The van der Waals surface area contributed by atoms with Crippen LogP contribution in [-0.4, -0.2) is 40.5 Å². The fourth-order valence-electron chi connectivity index (χ4n) is 3.70. The van der Waals surface area contributed by atoms with Gasteiger partial charge in [-0.1, -0.05) is 18.2 Å². The van der Waals surface area contributed by atoms with Gasteiger partial charge in [-0.3, -0.25) is 9.59 Å². The van der Waals surface area contributed by atoms with E-state index in [1.807, 2.05) is 29.2 Å². The zero-order chi connectivity index (χ0) is 17.4. The second-order valence-electron chi connectivity index (χ2n) is 6.72. The van der Waals surface area contributed by atoms with Crippen molar-refractivity contribution in [2.24, 2.45) is 5.92 Å². The minimum absolute atomic E-state index is 0.0771. The summed E-state index contributed by atoms with van der Waals surface area (Å²) in [5.74, 6) is 1.45. The van der Waals surface area contributed by atoms with Crippen molar-refractivity contribution < 1.29 is 9.53 Å². The molecule has 0 saturated carbocycles. The number of hydrogen-bond donors (Lipinski definition) is 1. The van der Waals surface area contributed by atoms with E-state index in [4.69, 9.17) is 4.74 Å². The maximum Gasteiger partial charge on any atom is 0.254 e. The van der Waals surface area contributed by atoms with Gasteiger partial charge in [-0.2, -0.15) is 0 Å². The molecule has 1 N–H and O–H groups in total. The van der Waals surface area contributed by atoms with Crippen LogP contribution >= 0.6 is 0 Å². The molecule has 1 aromatic heterocycles. The number of nitrogens with zero attached hydrogens (tertiary/aromatic N) is 2. The Morgan fingerprint density at radius 1 is 1.28 bits per heavy atom. The van der Waals surface area contributed by atoms with Crippen LogP contribution < -0.4 is 10.3 Å². The van der Waals surface area contributed by atoms with Crippen LogP contribution in [0.1, 0.15) is 22.6 Å². The first-order chi connectivity index (χ1) is 12.1. The topological polar surface area (TPSA) is 75.3 Å². The molecule has 0 bridgehead atoms. The van der Waals surface area contributed by atoms with Gasteiger partial charge in [0.25, 0.3) is 5.56 Å². The first-order valence-corrected chi connectivity index (χ1v) is 8.70. The van der Waals surface area contributed by atoms with Crippen molar-refractivity contribution in [3.8, 4) is 5.75 Å². The highest BCUT2D eigenvalue weighted by atomic mass is 16.5. The minimum atomic E-state index is -0.163. The van der Waals surface area contributed by atoms with Crippen LogP contribution in [0.25, 0.3) is 0 Å². The predicted molar refractivity (Wildman–Crippen MR) is 92.7 cm³/mol. The van der Waals surface area contributed by atoms with Crippen LogP contribution in [0.3, 0.4) is 0 Å². The van der Waals surface area contributed by atoms with Gasteiger partial charge in [-0.15, -0.1) is 0 Å². The standard InChI is InChI=1S/C19H21N3O3/c1-12-20-16-7-9-22(8-6-15(16)18(23)21-12)19(24)14-10-13-4-2-3-5-17(13)25-11-14/h2-5,14H,6-11H2,1H3,(H,20,21,23). The normalized spacial score (nSPS) is 19.4. The molecule has 0 spiro atoms. The summed E-state index contributed by atoms with van der Waals surface area (Å²) in [6.45, 7) is 3.35. The van der Waals surface area contributed by atoms with Crippen molar-refractivity contribution in [3.63, 3.8) is 0 Å². The van der Waals surface area contributed by atoms with E-state index in [0.29, 0.717) is 50.3 Å². The first kappa shape index (κ1) is 15.9. The van der Waals surface area contributed by atoms with Gasteiger partial charge in [0.05, 0.1) is 11.6 Å². The van der Waals surface area contributed by atoms with Crippen LogP contribution in [0.2, 0.25) is 0 Å². The number of aryl methyl sites for hydroxylation is 1. The Morgan fingerprint density at radius 3 is 2.96 bits per heavy atom. The summed E-state index contributed by atoms with van der Waals surface area (Å²) in [6, 6.07) is 7.87. The monoisotopic (exact) mass is 339 g/mol. The van der Waals surface area contributed by atoms with E-state index in [1.54, 1.807) is 6.92 Å². The molecule has 0 aliphatic carbocycles. The molecule has 2 aromatic rings. The molecule has 6 nitrogen and oxygen atoms in total. The lowest BCUT2D eigenvalue weighted by Gasteiger charge is -2.29. The maximum atomic E-state index is 13.0. The predicted octanol–water partition coefficient (Wildman–Crippen LogP) is 1.26. The number of carbonyl (C=O) groups excluding carboxylic acids is 1. The van der Waals surface area contributed by atoms with Crippen molar-refractivity contribution in [3.05, 3.63) is 57.3 Å². The lowest BCUT2D eigenvalue weighted by molar-refractivity contribution is -0.136. The van der Waals surface area contributed by atoms with Gasteiger partial charge in [0.15, 0.2) is 0 Å². The summed E-state index contributed by atoms with van der Waals surface area (Å²) < 4.78 is 5.76. The SMILES string of the molecule is Cc1nc2c(c(=O)[nH]1)CCN(C(=O)C1COc3ccccc3C1)CC2. The quantitative estimate of drug-likeness (QED) is 0.849. The fourth-order valence-corrected chi connectivity index (χ4v) is 3.70. The Balaban J connectivity index is 1.49. The molecule has 3 heterocycles. The molecule has 2 aliphatic rings. The van der Waals surface area contributed by atoms with Crippen LogP contribution in [-0.2, 0) is 24.1 Å². The molecule has 1 atom stereocenters. The second kappa shape index (κ2) is 6.35. The molecule has 130 valence electrons. The Bertz CT molecular complexity index is 874. The molecule has 0 saturated heterocycles. The fraction of sp³-hybridized carbons (Fsp3) is 0.421. The highest BCUT2D eigenvalue weighted by Crippen LogP contribution is 2.28. The van der Waals surface area contributed by atoms with Gasteiger partial charge in [0.2, 0.25) is 5.91 Å². The molecule has 4 rings (SSSR count). The van der Waals surface area contributed by atoms with E-state index in [-0.39, 0.29) is 17.4 Å². The molecule has 0 radical (unpaired) electrons. The van der Waals surface area contributed by atoms with Crippen LogP contribution in [0, 0.1) is 12.8 Å². The molecular weight excluding hydrogens is 318 g/mol. The number of fused-ring (bicyclic) bond motifs is 2. The summed E-state index contributed by atoms with van der Waals surface area (Å²) >= 11 is 0. The van der Waals surface area contributed by atoms with Gasteiger partial charge in [0, 0.05) is 25.1 Å². The van der Waals surface area contributed by atoms with E-state index in [2.05, 4.69) is 9.97 Å². The lowest BCUT2D eigenvalue weighted by atomic mass is 9.95. The first-order valence-electron chi connectivity index (χ1n) is 8.70. The maximum absolute atomic E-state index is 13.0. The number of nitrogens with one attached hydrogen (secondary N) is 1. The van der Waals surface area contributed by atoms with Crippen LogP contribution in [0.5, 0.6) is 5.75 Å². The van der Waals surface area contributed by atoms with Gasteiger partial charge in [0.1, 0.15) is 18.2 Å². The third-order valence-corrected chi connectivity index (χ3v) is 5.01. The Labute approximate surface area is 145 Å². The summed E-state index contributed by atoms with van der Waals surface area (Å²) in [6.07, 6.45) is 1.88. The zero-order valence-electron chi connectivity index (χ0n) is 14.2. The van der Waals surface area contributed by atoms with Gasteiger partial charge in [-0.05, 0) is 31.4 Å². The zero-order valence-corrected chi connectivity index (χ0v) is 14.2. The van der Waals surface area contributed by atoms with E-state index >= 15 is 0 Å². The van der Waals surface area contributed by atoms with Crippen molar-refractivity contribution in [1.29, 1.82) is 0 Å². The smallest absolute Gasteiger partial charge is 0.254 e. The number of carbonyl (C=O) groups is 1. The van der Waals surface area contributed by atoms with Gasteiger partial charge < -0.3 is 14.6 Å². The molecule has 1 unspecified atom stereocenters. The lowest BCUT2D eigenvalue weighted by Crippen LogP contribution is -2.42. The third-order valence-electron chi connectivity index (χ3n) is 5.01. The van der Waals surface area contributed by atoms with Crippen LogP contribution in [0.15, 0.2) is 29.1 Å². The highest BCUT2D eigenvalue weighted by molar-refractivity contribution is 5.80. The van der Waals surface area contributed by atoms with Crippen molar-refractivity contribution >= 4 is 5.91 Å². The molecule has 0 fully saturated rings. The minimum Gasteiger partial charge on any atom is -0.492 e. The largest absolute Gasteiger partial charge is 0.492 e. The number of aromatic nitrogens is 2. The van der Waals surface area contributed by atoms with Crippen LogP contribution in [0.4, 0.5) is 0 Å². The number of amides is 1. The number of para-hydroxylation sites is 1.